The summed E-state index contributed by atoms with van der Waals surface area (Å²) < 4.78 is 27.1. The fourth-order valence-electron chi connectivity index (χ4n) is 2.45. The van der Waals surface area contributed by atoms with E-state index in [0.29, 0.717) is 11.6 Å². The van der Waals surface area contributed by atoms with Crippen LogP contribution in [0.2, 0.25) is 5.02 Å². The van der Waals surface area contributed by atoms with E-state index in [9.17, 15) is 13.2 Å². The molecule has 2 aromatic carbocycles. The van der Waals surface area contributed by atoms with E-state index in [-0.39, 0.29) is 29.2 Å². The third-order valence-corrected chi connectivity index (χ3v) is 5.77. The van der Waals surface area contributed by atoms with Gasteiger partial charge in [-0.05, 0) is 40.8 Å². The summed E-state index contributed by atoms with van der Waals surface area (Å²) in [7, 11) is -3.64. The van der Waals surface area contributed by atoms with Crippen LogP contribution in [0.4, 0.5) is 0 Å². The van der Waals surface area contributed by atoms with E-state index in [0.717, 1.165) is 11.1 Å². The molecule has 7 heteroatoms. The van der Waals surface area contributed by atoms with E-state index in [4.69, 9.17) is 11.6 Å². The van der Waals surface area contributed by atoms with Crippen LogP contribution in [0.25, 0.3) is 0 Å². The second kappa shape index (κ2) is 8.87. The average Bonchev–Trinajstić information content (AvgIpc) is 2.59. The van der Waals surface area contributed by atoms with Crippen molar-refractivity contribution in [1.82, 2.24) is 10.0 Å². The molecule has 0 aliphatic carbocycles. The molecule has 0 unspecified atom stereocenters. The average molecular weight is 409 g/mol. The Bertz CT molecular complexity index is 888. The highest BCUT2D eigenvalue weighted by Gasteiger charge is 2.17. The lowest BCUT2D eigenvalue weighted by molar-refractivity contribution is -0.121. The third-order valence-electron chi connectivity index (χ3n) is 4.05. The third kappa shape index (κ3) is 6.65. The van der Waals surface area contributed by atoms with Crippen LogP contribution in [-0.4, -0.2) is 20.9 Å². The summed E-state index contributed by atoms with van der Waals surface area (Å²) >= 11 is 5.90. The van der Waals surface area contributed by atoms with E-state index in [1.54, 1.807) is 24.3 Å². The minimum absolute atomic E-state index is 0.0325. The first-order valence-electron chi connectivity index (χ1n) is 8.69. The van der Waals surface area contributed by atoms with Crippen molar-refractivity contribution in [3.05, 3.63) is 64.7 Å². The van der Waals surface area contributed by atoms with Gasteiger partial charge < -0.3 is 5.32 Å². The molecule has 0 heterocycles. The van der Waals surface area contributed by atoms with Crippen molar-refractivity contribution in [3.63, 3.8) is 0 Å². The van der Waals surface area contributed by atoms with Crippen LogP contribution in [0.3, 0.4) is 0 Å². The van der Waals surface area contributed by atoms with Gasteiger partial charge in [0, 0.05) is 24.5 Å². The van der Waals surface area contributed by atoms with E-state index < -0.39 is 10.0 Å². The number of amides is 1. The van der Waals surface area contributed by atoms with Crippen LogP contribution in [0.15, 0.2) is 53.4 Å². The molecule has 0 saturated heterocycles. The summed E-state index contributed by atoms with van der Waals surface area (Å²) in [6.07, 6.45) is 0.0554. The van der Waals surface area contributed by atoms with Gasteiger partial charge in [0.25, 0.3) is 0 Å². The number of carbonyl (C=O) groups excluding carboxylic acids is 1. The van der Waals surface area contributed by atoms with Gasteiger partial charge in [0.15, 0.2) is 0 Å². The van der Waals surface area contributed by atoms with Crippen LogP contribution in [-0.2, 0) is 26.8 Å². The minimum atomic E-state index is -3.64. The van der Waals surface area contributed by atoms with Crippen LogP contribution in [0.1, 0.15) is 38.3 Å². The quantitative estimate of drug-likeness (QED) is 0.734. The molecular formula is C20H25ClN2O3S. The number of rotatable bonds is 7. The van der Waals surface area contributed by atoms with E-state index in [1.165, 1.54) is 0 Å². The van der Waals surface area contributed by atoms with Crippen molar-refractivity contribution in [2.24, 2.45) is 0 Å². The maximum Gasteiger partial charge on any atom is 0.240 e. The summed E-state index contributed by atoms with van der Waals surface area (Å²) in [5.74, 6) is -0.235. The zero-order valence-electron chi connectivity index (χ0n) is 15.8. The Morgan fingerprint density at radius 1 is 1.07 bits per heavy atom. The molecule has 2 rings (SSSR count). The first-order valence-corrected chi connectivity index (χ1v) is 10.6. The normalized spacial score (nSPS) is 12.0. The Kier molecular flexibility index (Phi) is 7.03. The predicted octanol–water partition coefficient (Wildman–Crippen LogP) is 3.62. The van der Waals surface area contributed by atoms with Crippen molar-refractivity contribution in [2.45, 2.75) is 44.0 Å². The number of hydrogen-bond donors (Lipinski definition) is 2. The number of benzene rings is 2. The second-order valence-electron chi connectivity index (χ2n) is 7.33. The van der Waals surface area contributed by atoms with Crippen LogP contribution >= 0.6 is 11.6 Å². The van der Waals surface area contributed by atoms with Gasteiger partial charge in [-0.3, -0.25) is 4.79 Å². The van der Waals surface area contributed by atoms with Gasteiger partial charge in [-0.1, -0.05) is 56.6 Å². The lowest BCUT2D eigenvalue weighted by Crippen LogP contribution is -2.30. The molecule has 27 heavy (non-hydrogen) atoms. The molecule has 0 aliphatic heterocycles. The number of hydrogen-bond acceptors (Lipinski definition) is 3. The Morgan fingerprint density at radius 2 is 1.74 bits per heavy atom. The summed E-state index contributed by atoms with van der Waals surface area (Å²) in [5.41, 5.74) is 1.90. The SMILES string of the molecule is CC(C)(C)c1ccc(S(=O)(=O)NCCC(=O)NCc2cccc(Cl)c2)cc1. The van der Waals surface area contributed by atoms with Gasteiger partial charge in [0.1, 0.15) is 0 Å². The molecule has 0 aromatic heterocycles. The molecule has 0 spiro atoms. The molecule has 0 saturated carbocycles. The van der Waals surface area contributed by atoms with Gasteiger partial charge >= 0.3 is 0 Å². The first kappa shape index (κ1) is 21.4. The fraction of sp³-hybridized carbons (Fsp3) is 0.350. The van der Waals surface area contributed by atoms with Crippen LogP contribution in [0, 0.1) is 0 Å². The molecular weight excluding hydrogens is 384 g/mol. The van der Waals surface area contributed by atoms with Crippen LogP contribution < -0.4 is 10.0 Å². The van der Waals surface area contributed by atoms with E-state index in [1.807, 2.05) is 24.3 Å². The maximum atomic E-state index is 12.3. The van der Waals surface area contributed by atoms with Gasteiger partial charge in [-0.15, -0.1) is 0 Å². The van der Waals surface area contributed by atoms with Crippen molar-refractivity contribution in [2.75, 3.05) is 6.54 Å². The molecule has 5 nitrogen and oxygen atoms in total. The molecule has 2 aromatic rings. The Morgan fingerprint density at radius 3 is 2.33 bits per heavy atom. The van der Waals surface area contributed by atoms with E-state index >= 15 is 0 Å². The fourth-order valence-corrected chi connectivity index (χ4v) is 3.70. The predicted molar refractivity (Wildman–Crippen MR) is 108 cm³/mol. The number of halogens is 1. The summed E-state index contributed by atoms with van der Waals surface area (Å²) in [5, 5.41) is 3.35. The zero-order chi connectivity index (χ0) is 20.1. The summed E-state index contributed by atoms with van der Waals surface area (Å²) in [6.45, 7) is 6.58. The highest BCUT2D eigenvalue weighted by atomic mass is 35.5. The van der Waals surface area contributed by atoms with Crippen molar-refractivity contribution in [3.8, 4) is 0 Å². The van der Waals surface area contributed by atoms with Crippen molar-refractivity contribution >= 4 is 27.5 Å². The van der Waals surface area contributed by atoms with Gasteiger partial charge in [0.2, 0.25) is 15.9 Å². The maximum absolute atomic E-state index is 12.3. The smallest absolute Gasteiger partial charge is 0.240 e. The second-order valence-corrected chi connectivity index (χ2v) is 9.53. The number of nitrogens with one attached hydrogen (secondary N) is 2. The Balaban J connectivity index is 1.83. The van der Waals surface area contributed by atoms with Gasteiger partial charge in [-0.25, -0.2) is 13.1 Å². The highest BCUT2D eigenvalue weighted by molar-refractivity contribution is 7.89. The Labute approximate surface area is 166 Å². The van der Waals surface area contributed by atoms with E-state index in [2.05, 4.69) is 30.8 Å². The van der Waals surface area contributed by atoms with Gasteiger partial charge in [-0.2, -0.15) is 0 Å². The summed E-state index contributed by atoms with van der Waals surface area (Å²) in [4.78, 5) is 12.1. The molecule has 0 aliphatic rings. The minimum Gasteiger partial charge on any atom is -0.352 e. The lowest BCUT2D eigenvalue weighted by atomic mass is 9.87. The standard InChI is InChI=1S/C20H25ClN2O3S/c1-20(2,3)16-7-9-18(10-8-16)27(25,26)23-12-11-19(24)22-14-15-5-4-6-17(21)13-15/h4-10,13,23H,11-12,14H2,1-3H3,(H,22,24). The van der Waals surface area contributed by atoms with Crippen molar-refractivity contribution in [1.29, 1.82) is 0 Å². The molecule has 0 radical (unpaired) electrons. The molecule has 0 fully saturated rings. The zero-order valence-corrected chi connectivity index (χ0v) is 17.3. The molecule has 0 bridgehead atoms. The first-order chi connectivity index (χ1) is 12.6. The highest BCUT2D eigenvalue weighted by Crippen LogP contribution is 2.23. The van der Waals surface area contributed by atoms with Gasteiger partial charge in [0.05, 0.1) is 4.90 Å². The van der Waals surface area contributed by atoms with Crippen molar-refractivity contribution < 1.29 is 13.2 Å². The molecule has 146 valence electrons. The molecule has 0 atom stereocenters. The number of carbonyl (C=O) groups is 1. The molecule has 2 N–H and O–H groups in total. The monoisotopic (exact) mass is 408 g/mol. The summed E-state index contributed by atoms with van der Waals surface area (Å²) in [6, 6.07) is 14.0. The number of sulfonamides is 1. The Hall–Kier alpha value is -1.89. The van der Waals surface area contributed by atoms with Crippen LogP contribution in [0.5, 0.6) is 0 Å². The largest absolute Gasteiger partial charge is 0.352 e. The topological polar surface area (TPSA) is 75.3 Å². The lowest BCUT2D eigenvalue weighted by Gasteiger charge is -2.19. The molecule has 1 amide bonds.